The molecule has 8 heteroatoms. The van der Waals surface area contributed by atoms with Gasteiger partial charge in [0.25, 0.3) is 0 Å². The highest BCUT2D eigenvalue weighted by Crippen LogP contribution is 2.32. The first-order chi connectivity index (χ1) is 10.6. The van der Waals surface area contributed by atoms with Crippen molar-refractivity contribution in [3.8, 4) is 0 Å². The average Bonchev–Trinajstić information content (AvgIpc) is 2.45. The molecule has 0 fully saturated rings. The number of benzene rings is 2. The van der Waals surface area contributed by atoms with Crippen molar-refractivity contribution in [3.05, 3.63) is 65.0 Å². The second-order valence-corrected chi connectivity index (χ2v) is 6.68. The minimum absolute atomic E-state index is 0.0458. The van der Waals surface area contributed by atoms with Gasteiger partial charge in [-0.05, 0) is 25.1 Å². The molecule has 0 amide bonds. The third-order valence-corrected chi connectivity index (χ3v) is 4.59. The summed E-state index contributed by atoms with van der Waals surface area (Å²) in [5, 5.41) is 0. The van der Waals surface area contributed by atoms with Gasteiger partial charge in [0, 0.05) is 12.1 Å². The predicted octanol–water partition coefficient (Wildman–Crippen LogP) is 3.63. The van der Waals surface area contributed by atoms with Gasteiger partial charge in [-0.3, -0.25) is 0 Å². The van der Waals surface area contributed by atoms with Crippen LogP contribution in [0.15, 0.2) is 47.4 Å². The molecule has 1 N–H and O–H groups in total. The smallest absolute Gasteiger partial charge is 0.207 e. The summed E-state index contributed by atoms with van der Waals surface area (Å²) in [5.74, 6) is -1.48. The number of hydrogen-bond donors (Lipinski definition) is 1. The van der Waals surface area contributed by atoms with E-state index >= 15 is 0 Å². The Kier molecular flexibility index (Phi) is 4.76. The van der Waals surface area contributed by atoms with Crippen molar-refractivity contribution >= 4 is 10.0 Å². The van der Waals surface area contributed by atoms with Crippen LogP contribution in [0.2, 0.25) is 0 Å². The van der Waals surface area contributed by atoms with E-state index in [9.17, 15) is 26.0 Å². The second-order valence-electron chi connectivity index (χ2n) is 4.91. The van der Waals surface area contributed by atoms with E-state index in [0.717, 1.165) is 17.7 Å². The molecule has 0 heterocycles. The predicted molar refractivity (Wildman–Crippen MR) is 76.6 cm³/mol. The summed E-state index contributed by atoms with van der Waals surface area (Å²) in [4.78, 5) is -0.0458. The number of hydrogen-bond acceptors (Lipinski definition) is 2. The lowest BCUT2D eigenvalue weighted by molar-refractivity contribution is -0.140. The molecule has 0 aliphatic carbocycles. The van der Waals surface area contributed by atoms with Gasteiger partial charge < -0.3 is 0 Å². The van der Waals surface area contributed by atoms with Gasteiger partial charge in [-0.25, -0.2) is 17.5 Å². The molecular weight excluding hydrogens is 334 g/mol. The highest BCUT2D eigenvalue weighted by molar-refractivity contribution is 7.89. The van der Waals surface area contributed by atoms with Gasteiger partial charge in [0.15, 0.2) is 0 Å². The van der Waals surface area contributed by atoms with Gasteiger partial charge in [-0.15, -0.1) is 0 Å². The van der Waals surface area contributed by atoms with Crippen molar-refractivity contribution in [1.82, 2.24) is 4.72 Å². The van der Waals surface area contributed by atoms with E-state index in [0.29, 0.717) is 6.07 Å². The Balaban J connectivity index is 2.22. The molecule has 0 bridgehead atoms. The molecule has 2 aromatic rings. The molecule has 2 rings (SSSR count). The zero-order valence-corrected chi connectivity index (χ0v) is 12.8. The third-order valence-electron chi connectivity index (χ3n) is 3.17. The number of rotatable bonds is 4. The van der Waals surface area contributed by atoms with Gasteiger partial charge >= 0.3 is 6.18 Å². The topological polar surface area (TPSA) is 46.2 Å². The maximum atomic E-state index is 13.8. The number of aryl methyl sites for hydroxylation is 1. The van der Waals surface area contributed by atoms with Crippen molar-refractivity contribution in [2.24, 2.45) is 0 Å². The monoisotopic (exact) mass is 347 g/mol. The molecule has 0 spiro atoms. The van der Waals surface area contributed by atoms with E-state index in [1.165, 1.54) is 12.1 Å². The molecule has 0 aromatic heterocycles. The van der Waals surface area contributed by atoms with Crippen molar-refractivity contribution in [1.29, 1.82) is 0 Å². The van der Waals surface area contributed by atoms with Crippen LogP contribution in [0, 0.1) is 12.7 Å². The fourth-order valence-electron chi connectivity index (χ4n) is 1.91. The standard InChI is InChI=1S/C15H13F4NO2S/c1-10-5-7-12(8-6-10)23(21,22)20-9-11-3-2-4-13(14(11)16)15(17,18)19/h2-8,20H,9H2,1H3. The quantitative estimate of drug-likeness (QED) is 0.859. The third kappa shape index (κ3) is 4.08. The zero-order valence-electron chi connectivity index (χ0n) is 12.0. The van der Waals surface area contributed by atoms with Crippen LogP contribution < -0.4 is 4.72 Å². The molecule has 0 unspecified atom stereocenters. The summed E-state index contributed by atoms with van der Waals surface area (Å²) < 4.78 is 77.9. The Labute approximate surface area is 131 Å². The van der Waals surface area contributed by atoms with Gasteiger partial charge in [0.05, 0.1) is 10.5 Å². The highest BCUT2D eigenvalue weighted by atomic mass is 32.2. The van der Waals surface area contributed by atoms with E-state index in [4.69, 9.17) is 0 Å². The summed E-state index contributed by atoms with van der Waals surface area (Å²) in [6, 6.07) is 8.62. The molecule has 23 heavy (non-hydrogen) atoms. The van der Waals surface area contributed by atoms with Gasteiger partial charge in [-0.1, -0.05) is 29.8 Å². The first-order valence-corrected chi connectivity index (χ1v) is 8.00. The molecule has 124 valence electrons. The van der Waals surface area contributed by atoms with Crippen molar-refractivity contribution in [2.45, 2.75) is 24.5 Å². The number of halogens is 4. The van der Waals surface area contributed by atoms with Crippen LogP contribution in [0.25, 0.3) is 0 Å². The Morgan fingerprint density at radius 3 is 2.22 bits per heavy atom. The van der Waals surface area contributed by atoms with Crippen LogP contribution in [0.4, 0.5) is 17.6 Å². The Hall–Kier alpha value is -1.93. The summed E-state index contributed by atoms with van der Waals surface area (Å²) in [7, 11) is -3.94. The molecule has 3 nitrogen and oxygen atoms in total. The van der Waals surface area contributed by atoms with Gasteiger partial charge in [0.2, 0.25) is 10.0 Å². The van der Waals surface area contributed by atoms with Crippen molar-refractivity contribution in [2.75, 3.05) is 0 Å². The molecule has 0 atom stereocenters. The van der Waals surface area contributed by atoms with Crippen LogP contribution in [-0.4, -0.2) is 8.42 Å². The average molecular weight is 347 g/mol. The lowest BCUT2D eigenvalue weighted by atomic mass is 10.1. The first-order valence-electron chi connectivity index (χ1n) is 6.52. The summed E-state index contributed by atoms with van der Waals surface area (Å²) >= 11 is 0. The molecular formula is C15H13F4NO2S. The second kappa shape index (κ2) is 6.29. The molecule has 2 aromatic carbocycles. The van der Waals surface area contributed by atoms with Gasteiger partial charge in [0.1, 0.15) is 5.82 Å². The summed E-state index contributed by atoms with van der Waals surface area (Å²) in [6.07, 6.45) is -4.84. The first kappa shape index (κ1) is 17.4. The van der Waals surface area contributed by atoms with E-state index in [2.05, 4.69) is 4.72 Å². The van der Waals surface area contributed by atoms with E-state index in [1.807, 2.05) is 0 Å². The maximum absolute atomic E-state index is 13.8. The summed E-state index contributed by atoms with van der Waals surface area (Å²) in [5.41, 5.74) is -0.951. The van der Waals surface area contributed by atoms with E-state index in [1.54, 1.807) is 19.1 Å². The van der Waals surface area contributed by atoms with Crippen LogP contribution >= 0.6 is 0 Å². The minimum Gasteiger partial charge on any atom is -0.207 e. The minimum atomic E-state index is -4.84. The highest BCUT2D eigenvalue weighted by Gasteiger charge is 2.34. The zero-order chi connectivity index (χ0) is 17.3. The maximum Gasteiger partial charge on any atom is 0.419 e. The molecule has 0 saturated carbocycles. The number of sulfonamides is 1. The van der Waals surface area contributed by atoms with Crippen LogP contribution in [-0.2, 0) is 22.7 Å². The fraction of sp³-hybridized carbons (Fsp3) is 0.200. The van der Waals surface area contributed by atoms with Crippen LogP contribution in [0.5, 0.6) is 0 Å². The SMILES string of the molecule is Cc1ccc(S(=O)(=O)NCc2cccc(C(F)(F)F)c2F)cc1. The van der Waals surface area contributed by atoms with Crippen LogP contribution in [0.1, 0.15) is 16.7 Å². The summed E-state index contributed by atoms with van der Waals surface area (Å²) in [6.45, 7) is 1.20. The number of alkyl halides is 3. The lowest BCUT2D eigenvalue weighted by Gasteiger charge is -2.12. The molecule has 0 saturated heterocycles. The lowest BCUT2D eigenvalue weighted by Crippen LogP contribution is -2.24. The van der Waals surface area contributed by atoms with E-state index < -0.39 is 34.1 Å². The largest absolute Gasteiger partial charge is 0.419 e. The molecule has 0 aliphatic heterocycles. The van der Waals surface area contributed by atoms with Gasteiger partial charge in [-0.2, -0.15) is 13.2 Å². The Morgan fingerprint density at radius 1 is 1.04 bits per heavy atom. The van der Waals surface area contributed by atoms with Crippen molar-refractivity contribution < 1.29 is 26.0 Å². The Morgan fingerprint density at radius 2 is 1.65 bits per heavy atom. The fourth-order valence-corrected chi connectivity index (χ4v) is 2.92. The van der Waals surface area contributed by atoms with Crippen molar-refractivity contribution in [3.63, 3.8) is 0 Å². The molecule has 0 aliphatic rings. The number of nitrogens with one attached hydrogen (secondary N) is 1. The normalized spacial score (nSPS) is 12.4. The molecule has 0 radical (unpaired) electrons. The Bertz CT molecular complexity index is 799. The van der Waals surface area contributed by atoms with Crippen LogP contribution in [0.3, 0.4) is 0 Å². The van der Waals surface area contributed by atoms with E-state index in [-0.39, 0.29) is 10.5 Å².